The first kappa shape index (κ1) is 17.2. The van der Waals surface area contributed by atoms with E-state index in [1.807, 2.05) is 0 Å². The summed E-state index contributed by atoms with van der Waals surface area (Å²) >= 11 is 0. The number of benzene rings is 1. The summed E-state index contributed by atoms with van der Waals surface area (Å²) in [6, 6.07) is 8.38. The average molecular weight is 316 g/mol. The molecule has 1 rings (SSSR count). The lowest BCUT2D eigenvalue weighted by Crippen LogP contribution is -2.20. The third kappa shape index (κ3) is 6.92. The Balaban J connectivity index is 2.57. The van der Waals surface area contributed by atoms with E-state index in [2.05, 4.69) is 0 Å². The molecule has 0 aliphatic heterocycles. The first-order valence-electron chi connectivity index (χ1n) is 6.23. The zero-order valence-corrected chi connectivity index (χ0v) is 12.1. The SMILES string of the molecule is O=C(O)CCC(CP(=O)(O)COc1ccccc1)C(=O)O. The first-order chi connectivity index (χ1) is 9.80. The number of carboxylic acids is 2. The van der Waals surface area contributed by atoms with Crippen LogP contribution in [0.25, 0.3) is 0 Å². The Morgan fingerprint density at radius 2 is 1.81 bits per heavy atom. The van der Waals surface area contributed by atoms with Crippen molar-refractivity contribution in [1.29, 1.82) is 0 Å². The molecule has 1 aromatic rings. The molecule has 0 heterocycles. The lowest BCUT2D eigenvalue weighted by molar-refractivity contribution is -0.142. The Labute approximate surface area is 121 Å². The maximum absolute atomic E-state index is 12.0. The minimum atomic E-state index is -3.82. The highest BCUT2D eigenvalue weighted by Gasteiger charge is 2.30. The van der Waals surface area contributed by atoms with E-state index >= 15 is 0 Å². The van der Waals surface area contributed by atoms with Gasteiger partial charge in [0.1, 0.15) is 5.75 Å². The zero-order valence-electron chi connectivity index (χ0n) is 11.2. The molecule has 0 aliphatic carbocycles. The molecule has 0 fully saturated rings. The van der Waals surface area contributed by atoms with Crippen LogP contribution < -0.4 is 4.74 Å². The van der Waals surface area contributed by atoms with Crippen molar-refractivity contribution < 1.29 is 34.0 Å². The van der Waals surface area contributed by atoms with E-state index in [0.717, 1.165) is 0 Å². The van der Waals surface area contributed by atoms with Gasteiger partial charge in [-0.1, -0.05) is 18.2 Å². The minimum Gasteiger partial charge on any atom is -0.484 e. The zero-order chi connectivity index (χ0) is 15.9. The van der Waals surface area contributed by atoms with Gasteiger partial charge in [-0.3, -0.25) is 14.2 Å². The molecule has 3 N–H and O–H groups in total. The van der Waals surface area contributed by atoms with E-state index in [1.54, 1.807) is 30.3 Å². The highest BCUT2D eigenvalue weighted by Crippen LogP contribution is 2.43. The fourth-order valence-corrected chi connectivity index (χ4v) is 3.16. The molecular formula is C13H17O7P. The largest absolute Gasteiger partial charge is 0.484 e. The summed E-state index contributed by atoms with van der Waals surface area (Å²) in [5.74, 6) is -3.21. The molecule has 0 radical (unpaired) electrons. The standard InChI is InChI=1S/C13H17O7P/c14-12(15)7-6-10(13(16)17)8-21(18,19)9-20-11-4-2-1-3-5-11/h1-5,10H,6-9H2,(H,14,15)(H,16,17)(H,18,19). The molecule has 0 spiro atoms. The Bertz CT molecular complexity index is 529. The predicted molar refractivity (Wildman–Crippen MR) is 74.6 cm³/mol. The van der Waals surface area contributed by atoms with Gasteiger partial charge in [-0.05, 0) is 18.6 Å². The molecular weight excluding hydrogens is 299 g/mol. The molecule has 8 heteroatoms. The summed E-state index contributed by atoms with van der Waals surface area (Å²) in [5, 5.41) is 17.5. The molecule has 7 nitrogen and oxygen atoms in total. The van der Waals surface area contributed by atoms with Crippen LogP contribution in [0.3, 0.4) is 0 Å². The topological polar surface area (TPSA) is 121 Å². The average Bonchev–Trinajstić information content (AvgIpc) is 2.42. The summed E-state index contributed by atoms with van der Waals surface area (Å²) in [5.41, 5.74) is 0. The van der Waals surface area contributed by atoms with E-state index in [9.17, 15) is 19.0 Å². The van der Waals surface area contributed by atoms with Crippen LogP contribution in [-0.4, -0.2) is 39.6 Å². The van der Waals surface area contributed by atoms with Gasteiger partial charge in [-0.2, -0.15) is 0 Å². The Morgan fingerprint density at radius 3 is 2.33 bits per heavy atom. The second-order valence-corrected chi connectivity index (χ2v) is 6.90. The van der Waals surface area contributed by atoms with Crippen molar-refractivity contribution in [2.45, 2.75) is 12.8 Å². The van der Waals surface area contributed by atoms with E-state index in [4.69, 9.17) is 14.9 Å². The number of rotatable bonds is 9. The molecule has 0 saturated carbocycles. The van der Waals surface area contributed by atoms with Crippen molar-refractivity contribution in [2.75, 3.05) is 12.5 Å². The van der Waals surface area contributed by atoms with E-state index in [-0.39, 0.29) is 12.8 Å². The van der Waals surface area contributed by atoms with Gasteiger partial charge >= 0.3 is 11.9 Å². The van der Waals surface area contributed by atoms with Crippen LogP contribution in [0.5, 0.6) is 5.75 Å². The van der Waals surface area contributed by atoms with Crippen molar-refractivity contribution in [3.63, 3.8) is 0 Å². The third-order valence-corrected chi connectivity index (χ3v) is 4.28. The molecule has 21 heavy (non-hydrogen) atoms. The molecule has 0 amide bonds. The summed E-state index contributed by atoms with van der Waals surface area (Å²) in [4.78, 5) is 31.2. The van der Waals surface area contributed by atoms with Crippen molar-refractivity contribution in [3.8, 4) is 5.75 Å². The highest BCUT2D eigenvalue weighted by molar-refractivity contribution is 7.57. The maximum Gasteiger partial charge on any atom is 0.307 e. The molecule has 2 atom stereocenters. The molecule has 0 bridgehead atoms. The molecule has 0 aliphatic rings. The van der Waals surface area contributed by atoms with Crippen molar-refractivity contribution in [3.05, 3.63) is 30.3 Å². The predicted octanol–water partition coefficient (Wildman–Crippen LogP) is 1.86. The minimum absolute atomic E-state index is 0.194. The summed E-state index contributed by atoms with van der Waals surface area (Å²) in [7, 11) is -3.82. The Kier molecular flexibility index (Phi) is 6.39. The van der Waals surface area contributed by atoms with Crippen molar-refractivity contribution in [1.82, 2.24) is 0 Å². The number of carbonyl (C=O) groups is 2. The lowest BCUT2D eigenvalue weighted by Gasteiger charge is -2.17. The Hall–Kier alpha value is -1.85. The second kappa shape index (κ2) is 7.81. The van der Waals surface area contributed by atoms with Gasteiger partial charge in [0.05, 0.1) is 5.92 Å². The molecule has 2 unspecified atom stereocenters. The normalized spacial score (nSPS) is 14.9. The van der Waals surface area contributed by atoms with Crippen LogP contribution in [0.2, 0.25) is 0 Å². The van der Waals surface area contributed by atoms with Crippen LogP contribution in [0, 0.1) is 5.92 Å². The van der Waals surface area contributed by atoms with Gasteiger partial charge in [0.15, 0.2) is 6.35 Å². The van der Waals surface area contributed by atoms with Crippen LogP contribution in [-0.2, 0) is 14.2 Å². The van der Waals surface area contributed by atoms with E-state index in [0.29, 0.717) is 5.75 Å². The number of aliphatic carboxylic acids is 2. The number of carboxylic acid groups (broad SMARTS) is 2. The summed E-state index contributed by atoms with van der Waals surface area (Å²) < 4.78 is 17.1. The van der Waals surface area contributed by atoms with Crippen molar-refractivity contribution >= 4 is 19.3 Å². The van der Waals surface area contributed by atoms with Gasteiger partial charge < -0.3 is 19.8 Å². The van der Waals surface area contributed by atoms with Gasteiger partial charge in [0, 0.05) is 12.6 Å². The number of para-hydroxylation sites is 1. The van der Waals surface area contributed by atoms with E-state index in [1.165, 1.54) is 0 Å². The molecule has 116 valence electrons. The second-order valence-electron chi connectivity index (χ2n) is 4.58. The van der Waals surface area contributed by atoms with Crippen molar-refractivity contribution in [2.24, 2.45) is 5.92 Å². The molecule has 0 saturated heterocycles. The highest BCUT2D eigenvalue weighted by atomic mass is 31.2. The van der Waals surface area contributed by atoms with Gasteiger partial charge in [-0.25, -0.2) is 0 Å². The summed E-state index contributed by atoms with van der Waals surface area (Å²) in [6.45, 7) is 0. The summed E-state index contributed by atoms with van der Waals surface area (Å²) in [6.07, 6.45) is -1.58. The smallest absolute Gasteiger partial charge is 0.307 e. The van der Waals surface area contributed by atoms with Gasteiger partial charge in [0.2, 0.25) is 7.37 Å². The number of hydrogen-bond donors (Lipinski definition) is 3. The van der Waals surface area contributed by atoms with Crippen LogP contribution >= 0.6 is 7.37 Å². The quantitative estimate of drug-likeness (QED) is 0.594. The number of ether oxygens (including phenoxy) is 1. The lowest BCUT2D eigenvalue weighted by atomic mass is 10.1. The monoisotopic (exact) mass is 316 g/mol. The van der Waals surface area contributed by atoms with Crippen LogP contribution in [0.15, 0.2) is 30.3 Å². The van der Waals surface area contributed by atoms with Gasteiger partial charge in [0.25, 0.3) is 0 Å². The molecule has 0 aromatic heterocycles. The Morgan fingerprint density at radius 1 is 1.19 bits per heavy atom. The first-order valence-corrected chi connectivity index (χ1v) is 8.26. The van der Waals surface area contributed by atoms with Gasteiger partial charge in [-0.15, -0.1) is 0 Å². The fraction of sp³-hybridized carbons (Fsp3) is 0.385. The third-order valence-electron chi connectivity index (χ3n) is 2.74. The number of hydrogen-bond acceptors (Lipinski definition) is 4. The van der Waals surface area contributed by atoms with Crippen LogP contribution in [0.1, 0.15) is 12.8 Å². The van der Waals surface area contributed by atoms with E-state index < -0.39 is 37.7 Å². The maximum atomic E-state index is 12.0. The molecule has 1 aromatic carbocycles. The van der Waals surface area contributed by atoms with Crippen LogP contribution in [0.4, 0.5) is 0 Å². The fourth-order valence-electron chi connectivity index (χ4n) is 1.68.